The van der Waals surface area contributed by atoms with Crippen molar-refractivity contribution in [1.29, 1.82) is 0 Å². The molecule has 272 valence electrons. The molecule has 1 aliphatic heterocycles. The number of benzene rings is 5. The van der Waals surface area contributed by atoms with Crippen molar-refractivity contribution in [1.82, 2.24) is 9.38 Å². The summed E-state index contributed by atoms with van der Waals surface area (Å²) in [6.45, 7) is 13.9. The van der Waals surface area contributed by atoms with Crippen molar-refractivity contribution >= 4 is 65.7 Å². The number of para-hydroxylation sites is 1. The zero-order valence-corrected chi connectivity index (χ0v) is 32.5. The Bertz CT molecular complexity index is 3210. The summed E-state index contributed by atoms with van der Waals surface area (Å²) in [5, 5.41) is 7.41. The number of pyridine rings is 2. The molecule has 0 N–H and O–H groups in total. The standard InChI is InChI=1S/C52H44N3O/c1-31-17-22-44-42(26-31)50-49-38-14-8-9-16-47(38)56-48(49)30-41-40-29-39-34(27-46(40)55(44)51(41)50)21-20-33(36-12-6-7-13-37(36)43-15-10-11-24-53-43)19-18-32(2)54-25-23-35(28-45(39)54)52(3,4)5/h6-17,22-30,33H,2,18-21H2,1,3-5H3/q+1. The van der Waals surface area contributed by atoms with Gasteiger partial charge in [0.25, 0.3) is 0 Å². The number of allylic oxidation sites excluding steroid dienone is 1. The third-order valence-corrected chi connectivity index (χ3v) is 12.6. The molecule has 5 aromatic carbocycles. The summed E-state index contributed by atoms with van der Waals surface area (Å²) >= 11 is 0. The van der Waals surface area contributed by atoms with Crippen LogP contribution in [0.5, 0.6) is 0 Å². The lowest BCUT2D eigenvalue weighted by Gasteiger charge is -2.24. The van der Waals surface area contributed by atoms with Crippen LogP contribution in [0, 0.1) is 6.92 Å². The summed E-state index contributed by atoms with van der Waals surface area (Å²) in [4.78, 5) is 4.79. The smallest absolute Gasteiger partial charge is 0.218 e. The van der Waals surface area contributed by atoms with Gasteiger partial charge in [0.2, 0.25) is 5.69 Å². The third kappa shape index (κ3) is 4.91. The lowest BCUT2D eigenvalue weighted by Crippen LogP contribution is -2.36. The molecule has 0 fully saturated rings. The Labute approximate surface area is 326 Å². The van der Waals surface area contributed by atoms with E-state index < -0.39 is 0 Å². The fraction of sp³-hybridized carbons (Fsp3) is 0.192. The average Bonchev–Trinajstić information content (AvgIpc) is 3.85. The second kappa shape index (κ2) is 12.1. The second-order valence-corrected chi connectivity index (χ2v) is 17.1. The maximum Gasteiger partial charge on any atom is 0.218 e. The van der Waals surface area contributed by atoms with E-state index in [0.29, 0.717) is 5.92 Å². The van der Waals surface area contributed by atoms with Gasteiger partial charge < -0.3 is 8.82 Å². The van der Waals surface area contributed by atoms with Crippen molar-refractivity contribution in [3.05, 3.63) is 156 Å². The topological polar surface area (TPSA) is 34.3 Å². The number of furan rings is 1. The van der Waals surface area contributed by atoms with Crippen LogP contribution in [0.4, 0.5) is 0 Å². The summed E-state index contributed by atoms with van der Waals surface area (Å²) in [7, 11) is 0. The van der Waals surface area contributed by atoms with E-state index in [2.05, 4.69) is 152 Å². The number of fused-ring (bicyclic) bond motifs is 13. The minimum absolute atomic E-state index is 0.00269. The lowest BCUT2D eigenvalue weighted by atomic mass is 9.82. The maximum absolute atomic E-state index is 6.66. The fourth-order valence-electron chi connectivity index (χ4n) is 9.77. The molecule has 0 bridgehead atoms. The minimum Gasteiger partial charge on any atom is -0.456 e. The van der Waals surface area contributed by atoms with E-state index >= 15 is 0 Å². The molecule has 0 saturated carbocycles. The second-order valence-electron chi connectivity index (χ2n) is 17.1. The quantitative estimate of drug-likeness (QED) is 0.166. The van der Waals surface area contributed by atoms with Gasteiger partial charge in [0.15, 0.2) is 11.9 Å². The lowest BCUT2D eigenvalue weighted by molar-refractivity contribution is -0.571. The zero-order valence-electron chi connectivity index (χ0n) is 32.5. The first kappa shape index (κ1) is 33.1. The summed E-state index contributed by atoms with van der Waals surface area (Å²) in [6.07, 6.45) is 8.05. The number of hydrogen-bond donors (Lipinski definition) is 0. The van der Waals surface area contributed by atoms with Crippen LogP contribution in [-0.2, 0) is 11.8 Å². The Morgan fingerprint density at radius 1 is 0.714 bits per heavy atom. The molecular formula is C52H44N3O+. The highest BCUT2D eigenvalue weighted by atomic mass is 16.3. The van der Waals surface area contributed by atoms with Crippen LogP contribution in [0.1, 0.15) is 68.2 Å². The SMILES string of the molecule is C=C1CCC(c2ccccc2-c2ccccn2)CCc2cc3c(cc2-c2cc(C(C)(C)C)cc[n+]21)c1cc2oc4ccccc4c2c2c4cc(C)ccc4n3c12. The Morgan fingerprint density at radius 2 is 1.54 bits per heavy atom. The Kier molecular flexibility index (Phi) is 7.17. The molecule has 0 spiro atoms. The number of nitrogens with zero attached hydrogens (tertiary/aromatic N) is 3. The molecule has 56 heavy (non-hydrogen) atoms. The maximum atomic E-state index is 6.66. The van der Waals surface area contributed by atoms with Crippen LogP contribution in [0.15, 0.2) is 139 Å². The Morgan fingerprint density at radius 3 is 2.39 bits per heavy atom. The molecule has 0 saturated heterocycles. The largest absolute Gasteiger partial charge is 0.456 e. The van der Waals surface area contributed by atoms with Crippen molar-refractivity contribution in [2.45, 2.75) is 64.7 Å². The molecule has 6 heterocycles. The Hall–Kier alpha value is -6.26. The highest BCUT2D eigenvalue weighted by Crippen LogP contribution is 2.48. The number of hydrogen-bond acceptors (Lipinski definition) is 2. The van der Waals surface area contributed by atoms with E-state index in [0.717, 1.165) is 48.2 Å². The molecule has 1 unspecified atom stereocenters. The number of rotatable bonds is 2. The van der Waals surface area contributed by atoms with Gasteiger partial charge in [0.05, 0.1) is 27.8 Å². The molecule has 4 nitrogen and oxygen atoms in total. The molecule has 5 aromatic heterocycles. The van der Waals surface area contributed by atoms with Crippen molar-refractivity contribution in [3.8, 4) is 22.5 Å². The van der Waals surface area contributed by atoms with Gasteiger partial charge in [-0.1, -0.05) is 80.9 Å². The third-order valence-electron chi connectivity index (χ3n) is 12.6. The van der Waals surface area contributed by atoms with Crippen molar-refractivity contribution in [3.63, 3.8) is 0 Å². The normalized spacial score (nSPS) is 15.4. The number of aryl methyl sites for hydroxylation is 2. The highest BCUT2D eigenvalue weighted by molar-refractivity contribution is 6.34. The summed E-state index contributed by atoms with van der Waals surface area (Å²) in [5.74, 6) is 0.335. The van der Waals surface area contributed by atoms with E-state index in [1.807, 2.05) is 12.3 Å². The van der Waals surface area contributed by atoms with Gasteiger partial charge in [-0.2, -0.15) is 4.57 Å². The fourth-order valence-corrected chi connectivity index (χ4v) is 9.77. The van der Waals surface area contributed by atoms with Gasteiger partial charge in [-0.25, -0.2) is 0 Å². The van der Waals surface area contributed by atoms with E-state index in [9.17, 15) is 0 Å². The minimum atomic E-state index is -0.00269. The monoisotopic (exact) mass is 726 g/mol. The summed E-state index contributed by atoms with van der Waals surface area (Å²) < 4.78 is 11.6. The molecule has 0 radical (unpaired) electrons. The van der Waals surface area contributed by atoms with Gasteiger partial charge >= 0.3 is 0 Å². The van der Waals surface area contributed by atoms with Crippen LogP contribution in [0.3, 0.4) is 0 Å². The van der Waals surface area contributed by atoms with E-state index in [1.165, 1.54) is 87.9 Å². The van der Waals surface area contributed by atoms with Gasteiger partial charge in [0, 0.05) is 62.6 Å². The van der Waals surface area contributed by atoms with Crippen LogP contribution >= 0.6 is 0 Å². The number of aromatic nitrogens is 3. The van der Waals surface area contributed by atoms with Crippen molar-refractivity contribution < 1.29 is 8.98 Å². The van der Waals surface area contributed by atoms with Crippen LogP contribution in [0.25, 0.3) is 88.2 Å². The molecule has 0 amide bonds. The molecule has 4 heteroatoms. The molecule has 0 aliphatic carbocycles. The van der Waals surface area contributed by atoms with E-state index in [-0.39, 0.29) is 5.41 Å². The Balaban J connectivity index is 1.21. The molecule has 10 aromatic rings. The first-order chi connectivity index (χ1) is 27.2. The first-order valence-corrected chi connectivity index (χ1v) is 20.0. The van der Waals surface area contributed by atoms with E-state index in [4.69, 9.17) is 16.0 Å². The first-order valence-electron chi connectivity index (χ1n) is 20.0. The molecule has 1 aliphatic rings. The van der Waals surface area contributed by atoms with E-state index in [1.54, 1.807) is 0 Å². The van der Waals surface area contributed by atoms with Gasteiger partial charge in [-0.15, -0.1) is 0 Å². The van der Waals surface area contributed by atoms with Crippen molar-refractivity contribution in [2.24, 2.45) is 0 Å². The van der Waals surface area contributed by atoms with Crippen LogP contribution < -0.4 is 4.57 Å². The summed E-state index contributed by atoms with van der Waals surface area (Å²) in [6, 6.07) is 42.6. The molecular weight excluding hydrogens is 683 g/mol. The molecule has 1 atom stereocenters. The molecule has 11 rings (SSSR count). The predicted octanol–water partition coefficient (Wildman–Crippen LogP) is 13.3. The van der Waals surface area contributed by atoms with Crippen LogP contribution in [-0.4, -0.2) is 9.38 Å². The van der Waals surface area contributed by atoms with Gasteiger partial charge in [0.1, 0.15) is 11.2 Å². The van der Waals surface area contributed by atoms with Crippen LogP contribution in [0.2, 0.25) is 0 Å². The van der Waals surface area contributed by atoms with Crippen molar-refractivity contribution in [2.75, 3.05) is 0 Å². The zero-order chi connectivity index (χ0) is 37.9. The summed E-state index contributed by atoms with van der Waals surface area (Å²) in [5.41, 5.74) is 16.8. The van der Waals surface area contributed by atoms with Gasteiger partial charge in [-0.3, -0.25) is 4.98 Å². The van der Waals surface area contributed by atoms with Gasteiger partial charge in [-0.05, 0) is 109 Å². The predicted molar refractivity (Wildman–Crippen MR) is 233 cm³/mol. The highest BCUT2D eigenvalue weighted by Gasteiger charge is 2.30. The average molecular weight is 727 g/mol.